The molecule has 0 saturated carbocycles. The SMILES string of the molecule is CCN(Cc1cc(CN(CC)c2cc3oc(=O)cc(C)c3cc2C)cc(OC)c1)c1cc2oc(=O)cc(C)c2cc1C. The molecule has 7 nitrogen and oxygen atoms in total. The van der Waals surface area contributed by atoms with Crippen molar-refractivity contribution >= 4 is 33.3 Å². The number of benzene rings is 3. The van der Waals surface area contributed by atoms with Crippen molar-refractivity contribution in [2.24, 2.45) is 0 Å². The van der Waals surface area contributed by atoms with Crippen LogP contribution in [0, 0.1) is 27.7 Å². The Morgan fingerprint density at radius 1 is 0.595 bits per heavy atom. The van der Waals surface area contributed by atoms with E-state index in [4.69, 9.17) is 13.6 Å². The largest absolute Gasteiger partial charge is 0.497 e. The second-order valence-electron chi connectivity index (χ2n) is 11.0. The van der Waals surface area contributed by atoms with Gasteiger partial charge in [-0.3, -0.25) is 0 Å². The molecule has 218 valence electrons. The number of fused-ring (bicyclic) bond motifs is 2. The van der Waals surface area contributed by atoms with Crippen molar-refractivity contribution in [3.63, 3.8) is 0 Å². The fourth-order valence-electron chi connectivity index (χ4n) is 5.81. The first-order valence-corrected chi connectivity index (χ1v) is 14.4. The summed E-state index contributed by atoms with van der Waals surface area (Å²) in [5.74, 6) is 0.795. The van der Waals surface area contributed by atoms with Gasteiger partial charge in [-0.2, -0.15) is 0 Å². The molecule has 2 heterocycles. The molecule has 0 amide bonds. The minimum atomic E-state index is -0.338. The first-order valence-electron chi connectivity index (χ1n) is 14.4. The van der Waals surface area contributed by atoms with E-state index in [0.29, 0.717) is 24.3 Å². The summed E-state index contributed by atoms with van der Waals surface area (Å²) in [5.41, 5.74) is 8.88. The lowest BCUT2D eigenvalue weighted by atomic mass is 10.0. The number of rotatable bonds is 9. The first kappa shape index (κ1) is 29.0. The molecule has 0 aliphatic carbocycles. The third-order valence-electron chi connectivity index (χ3n) is 7.99. The fraction of sp³-hybridized carbons (Fsp3) is 0.314. The zero-order valence-corrected chi connectivity index (χ0v) is 25.5. The monoisotopic (exact) mass is 566 g/mol. The number of methoxy groups -OCH3 is 1. The molecule has 0 atom stereocenters. The Bertz CT molecular complexity index is 1770. The summed E-state index contributed by atoms with van der Waals surface area (Å²) in [6.45, 7) is 15.2. The van der Waals surface area contributed by atoms with E-state index in [1.54, 1.807) is 7.11 Å². The van der Waals surface area contributed by atoms with Crippen LogP contribution >= 0.6 is 0 Å². The molecule has 0 radical (unpaired) electrons. The third kappa shape index (κ3) is 5.77. The van der Waals surface area contributed by atoms with Gasteiger partial charge in [0.1, 0.15) is 16.9 Å². The average Bonchev–Trinajstić information content (AvgIpc) is 2.95. The van der Waals surface area contributed by atoms with Crippen LogP contribution in [0.4, 0.5) is 11.4 Å². The maximum absolute atomic E-state index is 12.1. The second kappa shape index (κ2) is 11.8. The summed E-state index contributed by atoms with van der Waals surface area (Å²) in [6.07, 6.45) is 0. The number of nitrogens with zero attached hydrogens (tertiary/aromatic N) is 2. The maximum atomic E-state index is 12.1. The lowest BCUT2D eigenvalue weighted by Gasteiger charge is -2.28. The summed E-state index contributed by atoms with van der Waals surface area (Å²) in [6, 6.07) is 17.6. The average molecular weight is 567 g/mol. The Labute approximate surface area is 245 Å². The number of hydrogen-bond acceptors (Lipinski definition) is 7. The van der Waals surface area contributed by atoms with E-state index in [1.807, 2.05) is 26.0 Å². The summed E-state index contributed by atoms with van der Waals surface area (Å²) in [5, 5.41) is 1.90. The Morgan fingerprint density at radius 2 is 1.02 bits per heavy atom. The van der Waals surface area contributed by atoms with Crippen molar-refractivity contribution in [1.82, 2.24) is 0 Å². The van der Waals surface area contributed by atoms with Gasteiger partial charge in [-0.25, -0.2) is 9.59 Å². The zero-order valence-electron chi connectivity index (χ0n) is 25.5. The lowest BCUT2D eigenvalue weighted by molar-refractivity contribution is 0.413. The molecule has 0 bridgehead atoms. The molecule has 0 saturated heterocycles. The highest BCUT2D eigenvalue weighted by Gasteiger charge is 2.16. The van der Waals surface area contributed by atoms with Crippen LogP contribution in [0.3, 0.4) is 0 Å². The van der Waals surface area contributed by atoms with E-state index in [1.165, 1.54) is 12.1 Å². The maximum Gasteiger partial charge on any atom is 0.336 e. The van der Waals surface area contributed by atoms with Gasteiger partial charge in [0.25, 0.3) is 0 Å². The van der Waals surface area contributed by atoms with Crippen molar-refractivity contribution in [2.75, 3.05) is 30.0 Å². The molecule has 2 aromatic heterocycles. The zero-order chi connectivity index (χ0) is 30.1. The van der Waals surface area contributed by atoms with Gasteiger partial charge in [0, 0.05) is 72.6 Å². The minimum absolute atomic E-state index is 0.338. The van der Waals surface area contributed by atoms with Crippen LogP contribution in [0.15, 0.2) is 73.0 Å². The molecule has 0 N–H and O–H groups in total. The van der Waals surface area contributed by atoms with Crippen molar-refractivity contribution in [2.45, 2.75) is 54.6 Å². The molecular weight excluding hydrogens is 528 g/mol. The first-order chi connectivity index (χ1) is 20.1. The standard InChI is InChI=1S/C35H38N2O5/c1-8-36(30-17-32-28(10-23(30)5)21(3)12-34(38)41-32)19-25-14-26(16-27(15-25)40-7)20-37(9-2)31-18-33-29(11-24(31)6)22(4)13-35(39)42-33/h10-18H,8-9,19-20H2,1-7H3. The smallest absolute Gasteiger partial charge is 0.336 e. The van der Waals surface area contributed by atoms with Crippen molar-refractivity contribution in [3.8, 4) is 5.75 Å². The molecule has 0 fully saturated rings. The number of aryl methyl sites for hydroxylation is 4. The fourth-order valence-corrected chi connectivity index (χ4v) is 5.81. The number of ether oxygens (including phenoxy) is 1. The van der Waals surface area contributed by atoms with Crippen LogP contribution < -0.4 is 25.8 Å². The van der Waals surface area contributed by atoms with Gasteiger partial charge in [0.15, 0.2) is 0 Å². The highest BCUT2D eigenvalue weighted by Crippen LogP contribution is 2.32. The van der Waals surface area contributed by atoms with Crippen LogP contribution in [0.1, 0.15) is 47.2 Å². The van der Waals surface area contributed by atoms with E-state index >= 15 is 0 Å². The van der Waals surface area contributed by atoms with Crippen LogP contribution in [-0.4, -0.2) is 20.2 Å². The second-order valence-corrected chi connectivity index (χ2v) is 11.0. The molecule has 5 rings (SSSR count). The molecule has 5 aromatic rings. The van der Waals surface area contributed by atoms with Crippen molar-refractivity contribution in [1.29, 1.82) is 0 Å². The van der Waals surface area contributed by atoms with Gasteiger partial charge >= 0.3 is 11.3 Å². The van der Waals surface area contributed by atoms with Gasteiger partial charge in [-0.15, -0.1) is 0 Å². The van der Waals surface area contributed by atoms with E-state index in [-0.39, 0.29) is 11.3 Å². The van der Waals surface area contributed by atoms with Gasteiger partial charge in [0.2, 0.25) is 0 Å². The number of hydrogen-bond donors (Lipinski definition) is 0. The van der Waals surface area contributed by atoms with Gasteiger partial charge < -0.3 is 23.4 Å². The predicted molar refractivity (Wildman–Crippen MR) is 170 cm³/mol. The Hall–Kier alpha value is -4.52. The van der Waals surface area contributed by atoms with Crippen LogP contribution in [0.2, 0.25) is 0 Å². The normalized spacial score (nSPS) is 11.3. The van der Waals surface area contributed by atoms with Crippen LogP contribution in [0.5, 0.6) is 5.75 Å². The third-order valence-corrected chi connectivity index (χ3v) is 7.99. The summed E-state index contributed by atoms with van der Waals surface area (Å²) < 4.78 is 16.8. The lowest BCUT2D eigenvalue weighted by Crippen LogP contribution is -2.24. The van der Waals surface area contributed by atoms with E-state index < -0.39 is 0 Å². The quantitative estimate of drug-likeness (QED) is 0.175. The molecule has 3 aromatic carbocycles. The molecule has 42 heavy (non-hydrogen) atoms. The van der Waals surface area contributed by atoms with E-state index in [2.05, 4.69) is 67.8 Å². The minimum Gasteiger partial charge on any atom is -0.497 e. The molecule has 7 heteroatoms. The number of anilines is 2. The van der Waals surface area contributed by atoms with E-state index in [0.717, 1.165) is 74.4 Å². The van der Waals surface area contributed by atoms with Crippen molar-refractivity contribution < 1.29 is 13.6 Å². The van der Waals surface area contributed by atoms with Crippen LogP contribution in [0.25, 0.3) is 21.9 Å². The highest BCUT2D eigenvalue weighted by atomic mass is 16.5. The topological polar surface area (TPSA) is 76.1 Å². The summed E-state index contributed by atoms with van der Waals surface area (Å²) in [4.78, 5) is 28.7. The van der Waals surface area contributed by atoms with Gasteiger partial charge in [-0.1, -0.05) is 6.07 Å². The molecule has 0 aliphatic heterocycles. The molecule has 0 unspecified atom stereocenters. The van der Waals surface area contributed by atoms with E-state index in [9.17, 15) is 9.59 Å². The van der Waals surface area contributed by atoms with Gasteiger partial charge in [-0.05, 0) is 99.2 Å². The van der Waals surface area contributed by atoms with Crippen LogP contribution in [-0.2, 0) is 13.1 Å². The molecule has 0 aliphatic rings. The summed E-state index contributed by atoms with van der Waals surface area (Å²) in [7, 11) is 1.69. The van der Waals surface area contributed by atoms with Gasteiger partial charge in [0.05, 0.1) is 7.11 Å². The molecular formula is C35H38N2O5. The Balaban J connectivity index is 1.48. The molecule has 0 spiro atoms. The highest BCUT2D eigenvalue weighted by molar-refractivity contribution is 5.86. The Kier molecular flexibility index (Phi) is 8.12. The van der Waals surface area contributed by atoms with Crippen molar-refractivity contribution in [3.05, 3.63) is 109 Å². The Morgan fingerprint density at radius 3 is 1.40 bits per heavy atom. The predicted octanol–water partition coefficient (Wildman–Crippen LogP) is 7.19. The summed E-state index contributed by atoms with van der Waals surface area (Å²) >= 11 is 0.